The second-order valence-corrected chi connectivity index (χ2v) is 3.78. The maximum atomic E-state index is 13.6. The fraction of sp³-hybridized carbons (Fsp3) is 0.0833. The van der Waals surface area contributed by atoms with Gasteiger partial charge in [0.1, 0.15) is 0 Å². The van der Waals surface area contributed by atoms with Crippen LogP contribution in [0.5, 0.6) is 11.6 Å². The molecule has 0 bridgehead atoms. The summed E-state index contributed by atoms with van der Waals surface area (Å²) in [5.41, 5.74) is 0.826. The van der Waals surface area contributed by atoms with E-state index >= 15 is 0 Å². The molecule has 0 aliphatic heterocycles. The van der Waals surface area contributed by atoms with Crippen molar-refractivity contribution < 1.29 is 19.2 Å². The third kappa shape index (κ3) is 2.85. The molecule has 0 atom stereocenters. The fourth-order valence-electron chi connectivity index (χ4n) is 1.45. The van der Waals surface area contributed by atoms with Crippen LogP contribution in [-0.4, -0.2) is 22.2 Å². The molecule has 0 unspecified atom stereocenters. The molecule has 0 spiro atoms. The Hall–Kier alpha value is -1.92. The van der Waals surface area contributed by atoms with Gasteiger partial charge in [0.05, 0.1) is 0 Å². The molecule has 4 nitrogen and oxygen atoms in total. The van der Waals surface area contributed by atoms with E-state index in [1.807, 2.05) is 0 Å². The number of hydrogen-bond acceptors (Lipinski definition) is 4. The Morgan fingerprint density at radius 2 is 2.00 bits per heavy atom. The van der Waals surface area contributed by atoms with Crippen LogP contribution in [0.25, 0.3) is 0 Å². The van der Waals surface area contributed by atoms with E-state index in [1.54, 1.807) is 25.1 Å². The van der Waals surface area contributed by atoms with Crippen molar-refractivity contribution in [2.45, 2.75) is 6.92 Å². The molecule has 0 amide bonds. The number of ether oxygens (including phenoxy) is 1. The van der Waals surface area contributed by atoms with E-state index in [1.165, 1.54) is 12.1 Å². The molecule has 0 saturated heterocycles. The summed E-state index contributed by atoms with van der Waals surface area (Å²) in [5, 5.41) is 17.8. The first-order chi connectivity index (χ1) is 8.56. The second-order valence-electron chi connectivity index (χ2n) is 3.78. The Labute approximate surface area is 104 Å². The van der Waals surface area contributed by atoms with Gasteiger partial charge in [0.2, 0.25) is 5.88 Å². The van der Waals surface area contributed by atoms with Crippen LogP contribution in [0.15, 0.2) is 36.4 Å². The molecule has 2 N–H and O–H groups in total. The number of aromatic nitrogens is 1. The van der Waals surface area contributed by atoms with Crippen LogP contribution >= 0.6 is 0 Å². The van der Waals surface area contributed by atoms with Crippen LogP contribution in [0, 0.1) is 12.7 Å². The van der Waals surface area contributed by atoms with Gasteiger partial charge in [-0.05, 0) is 30.6 Å². The van der Waals surface area contributed by atoms with Crippen molar-refractivity contribution in [3.8, 4) is 11.6 Å². The first kappa shape index (κ1) is 12.5. The van der Waals surface area contributed by atoms with E-state index < -0.39 is 12.9 Å². The maximum Gasteiger partial charge on any atom is 0.488 e. The average molecular weight is 247 g/mol. The van der Waals surface area contributed by atoms with Gasteiger partial charge < -0.3 is 14.8 Å². The topological polar surface area (TPSA) is 62.6 Å². The van der Waals surface area contributed by atoms with Gasteiger partial charge in [-0.3, -0.25) is 0 Å². The van der Waals surface area contributed by atoms with E-state index in [0.29, 0.717) is 0 Å². The summed E-state index contributed by atoms with van der Waals surface area (Å²) in [5.74, 6) is -0.410. The number of halogens is 1. The fourth-order valence-corrected chi connectivity index (χ4v) is 1.45. The zero-order chi connectivity index (χ0) is 13.1. The Balaban J connectivity index is 2.24. The number of hydrogen-bond donors (Lipinski definition) is 2. The lowest BCUT2D eigenvalue weighted by atomic mass is 9.80. The van der Waals surface area contributed by atoms with Crippen molar-refractivity contribution in [3.05, 3.63) is 47.9 Å². The first-order valence-corrected chi connectivity index (χ1v) is 5.33. The van der Waals surface area contributed by atoms with Crippen molar-refractivity contribution in [2.24, 2.45) is 0 Å². The highest BCUT2D eigenvalue weighted by molar-refractivity contribution is 6.58. The maximum absolute atomic E-state index is 13.6. The summed E-state index contributed by atoms with van der Waals surface area (Å²) in [4.78, 5) is 4.08. The van der Waals surface area contributed by atoms with Crippen molar-refractivity contribution in [1.29, 1.82) is 0 Å². The number of rotatable bonds is 3. The summed E-state index contributed by atoms with van der Waals surface area (Å²) in [6, 6.07) is 8.87. The molecule has 1 heterocycles. The van der Waals surface area contributed by atoms with Crippen LogP contribution in [0.1, 0.15) is 5.69 Å². The molecular formula is C12H11BFNO3. The predicted octanol–water partition coefficient (Wildman–Crippen LogP) is 1.00. The molecule has 1 aromatic heterocycles. The zero-order valence-electron chi connectivity index (χ0n) is 9.67. The molecule has 0 saturated carbocycles. The van der Waals surface area contributed by atoms with Crippen LogP contribution in [0.3, 0.4) is 0 Å². The standard InChI is InChI=1S/C12H11BFNO3/c1-8-3-2-4-12(15-8)18-11-6-5-9(13(16)17)7-10(11)14/h2-7,16-17H,1H3. The highest BCUT2D eigenvalue weighted by Crippen LogP contribution is 2.21. The summed E-state index contributed by atoms with van der Waals surface area (Å²) < 4.78 is 18.9. The normalized spacial score (nSPS) is 10.2. The summed E-state index contributed by atoms with van der Waals surface area (Å²) in [7, 11) is -1.70. The number of pyridine rings is 1. The molecule has 0 aliphatic rings. The van der Waals surface area contributed by atoms with E-state index in [0.717, 1.165) is 11.8 Å². The Morgan fingerprint density at radius 3 is 2.61 bits per heavy atom. The molecule has 1 aromatic carbocycles. The predicted molar refractivity (Wildman–Crippen MR) is 65.3 cm³/mol. The third-order valence-corrected chi connectivity index (χ3v) is 2.33. The van der Waals surface area contributed by atoms with Gasteiger partial charge >= 0.3 is 7.12 Å². The SMILES string of the molecule is Cc1cccc(Oc2ccc(B(O)O)cc2F)n1. The van der Waals surface area contributed by atoms with Crippen molar-refractivity contribution in [2.75, 3.05) is 0 Å². The largest absolute Gasteiger partial charge is 0.488 e. The van der Waals surface area contributed by atoms with Gasteiger partial charge in [-0.25, -0.2) is 9.37 Å². The number of aryl methyl sites for hydroxylation is 1. The molecule has 6 heteroatoms. The minimum absolute atomic E-state index is 0.0162. The highest BCUT2D eigenvalue weighted by Gasteiger charge is 2.14. The van der Waals surface area contributed by atoms with Gasteiger partial charge in [-0.2, -0.15) is 0 Å². The smallest absolute Gasteiger partial charge is 0.436 e. The van der Waals surface area contributed by atoms with E-state index in [9.17, 15) is 4.39 Å². The molecular weight excluding hydrogens is 236 g/mol. The Morgan fingerprint density at radius 1 is 1.22 bits per heavy atom. The number of nitrogens with zero attached hydrogens (tertiary/aromatic N) is 1. The molecule has 0 fully saturated rings. The highest BCUT2D eigenvalue weighted by atomic mass is 19.1. The molecule has 18 heavy (non-hydrogen) atoms. The van der Waals surface area contributed by atoms with Crippen molar-refractivity contribution in [1.82, 2.24) is 4.98 Å². The summed E-state index contributed by atoms with van der Waals surface area (Å²) >= 11 is 0. The van der Waals surface area contributed by atoms with Crippen LogP contribution in [0.2, 0.25) is 0 Å². The van der Waals surface area contributed by atoms with Gasteiger partial charge in [0.25, 0.3) is 0 Å². The molecule has 0 radical (unpaired) electrons. The third-order valence-electron chi connectivity index (χ3n) is 2.33. The van der Waals surface area contributed by atoms with E-state index in [4.69, 9.17) is 14.8 Å². The molecule has 2 rings (SSSR count). The van der Waals surface area contributed by atoms with Crippen molar-refractivity contribution in [3.63, 3.8) is 0 Å². The van der Waals surface area contributed by atoms with E-state index in [-0.39, 0.29) is 17.1 Å². The molecule has 2 aromatic rings. The lowest BCUT2D eigenvalue weighted by Gasteiger charge is -2.07. The lowest BCUT2D eigenvalue weighted by Crippen LogP contribution is -2.29. The van der Waals surface area contributed by atoms with Gasteiger partial charge in [0, 0.05) is 11.8 Å². The summed E-state index contributed by atoms with van der Waals surface area (Å²) in [6.45, 7) is 1.80. The van der Waals surface area contributed by atoms with Crippen LogP contribution in [-0.2, 0) is 0 Å². The van der Waals surface area contributed by atoms with Gasteiger partial charge in [0.15, 0.2) is 11.6 Å². The van der Waals surface area contributed by atoms with E-state index in [2.05, 4.69) is 4.98 Å². The minimum atomic E-state index is -1.70. The summed E-state index contributed by atoms with van der Waals surface area (Å²) in [6.07, 6.45) is 0. The molecule has 0 aliphatic carbocycles. The molecule has 92 valence electrons. The second kappa shape index (κ2) is 5.16. The first-order valence-electron chi connectivity index (χ1n) is 5.33. The van der Waals surface area contributed by atoms with Gasteiger partial charge in [-0.15, -0.1) is 0 Å². The average Bonchev–Trinajstić information content (AvgIpc) is 2.31. The Bertz CT molecular complexity index is 563. The monoisotopic (exact) mass is 247 g/mol. The number of benzene rings is 1. The zero-order valence-corrected chi connectivity index (χ0v) is 9.67. The minimum Gasteiger partial charge on any atom is -0.436 e. The van der Waals surface area contributed by atoms with Crippen LogP contribution in [0.4, 0.5) is 4.39 Å². The quantitative estimate of drug-likeness (QED) is 0.794. The van der Waals surface area contributed by atoms with Crippen molar-refractivity contribution >= 4 is 12.6 Å². The van der Waals surface area contributed by atoms with Crippen LogP contribution < -0.4 is 10.2 Å². The lowest BCUT2D eigenvalue weighted by molar-refractivity contribution is 0.420. The van der Waals surface area contributed by atoms with Gasteiger partial charge in [-0.1, -0.05) is 12.1 Å². The Kier molecular flexibility index (Phi) is 3.59.